The van der Waals surface area contributed by atoms with Crippen molar-refractivity contribution in [3.05, 3.63) is 58.7 Å². The molecular formula is C15H13N7O3S. The smallest absolute Gasteiger partial charge is 0.276 e. The van der Waals surface area contributed by atoms with Crippen LogP contribution in [0.15, 0.2) is 51.6 Å². The van der Waals surface area contributed by atoms with Gasteiger partial charge in [0.25, 0.3) is 5.56 Å². The lowest BCUT2D eigenvalue weighted by Gasteiger charge is -2.06. The quantitative estimate of drug-likeness (QED) is 0.530. The summed E-state index contributed by atoms with van der Waals surface area (Å²) in [6, 6.07) is 3.15. The molecule has 4 rings (SSSR count). The number of hydrogen-bond acceptors (Lipinski definition) is 7. The van der Waals surface area contributed by atoms with Gasteiger partial charge in [0, 0.05) is 23.5 Å². The summed E-state index contributed by atoms with van der Waals surface area (Å²) in [4.78, 5) is 16.5. The third kappa shape index (κ3) is 2.67. The van der Waals surface area contributed by atoms with Crippen molar-refractivity contribution < 1.29 is 8.42 Å². The van der Waals surface area contributed by atoms with E-state index >= 15 is 0 Å². The molecule has 0 aliphatic rings. The molecule has 2 N–H and O–H groups in total. The van der Waals surface area contributed by atoms with Crippen molar-refractivity contribution in [2.75, 3.05) is 0 Å². The van der Waals surface area contributed by atoms with Crippen molar-refractivity contribution in [2.45, 2.75) is 23.4 Å². The lowest BCUT2D eigenvalue weighted by atomic mass is 10.2. The molecule has 0 spiro atoms. The van der Waals surface area contributed by atoms with Crippen LogP contribution in [-0.2, 0) is 16.4 Å². The fourth-order valence-electron chi connectivity index (χ4n) is 2.53. The molecule has 0 bridgehead atoms. The molecule has 0 radical (unpaired) electrons. The SMILES string of the molecule is Cc1cc(Cn2ncc3cc(S(=O)(=O)c4cn[nH]c4)ncc3c2=O)n[nH]1. The summed E-state index contributed by atoms with van der Waals surface area (Å²) in [7, 11) is -3.81. The minimum Gasteiger partial charge on any atom is -0.284 e. The zero-order chi connectivity index (χ0) is 18.3. The van der Waals surface area contributed by atoms with Gasteiger partial charge in [0.05, 0.1) is 30.0 Å². The average Bonchev–Trinajstić information content (AvgIpc) is 3.29. The van der Waals surface area contributed by atoms with Crippen LogP contribution in [0, 0.1) is 6.92 Å². The van der Waals surface area contributed by atoms with Gasteiger partial charge in [0.15, 0.2) is 5.03 Å². The van der Waals surface area contributed by atoms with E-state index in [1.807, 2.05) is 13.0 Å². The van der Waals surface area contributed by atoms with Gasteiger partial charge in [0.1, 0.15) is 4.90 Å². The molecule has 0 aromatic carbocycles. The third-order valence-corrected chi connectivity index (χ3v) is 5.46. The Labute approximate surface area is 146 Å². The maximum absolute atomic E-state index is 12.6. The zero-order valence-electron chi connectivity index (χ0n) is 13.5. The number of pyridine rings is 1. The van der Waals surface area contributed by atoms with E-state index in [4.69, 9.17) is 0 Å². The fraction of sp³-hybridized carbons (Fsp3) is 0.133. The van der Waals surface area contributed by atoms with Gasteiger partial charge >= 0.3 is 0 Å². The summed E-state index contributed by atoms with van der Waals surface area (Å²) in [5.74, 6) is 0. The summed E-state index contributed by atoms with van der Waals surface area (Å²) in [5.41, 5.74) is 1.18. The van der Waals surface area contributed by atoms with Gasteiger partial charge in [-0.05, 0) is 19.1 Å². The highest BCUT2D eigenvalue weighted by molar-refractivity contribution is 7.91. The molecule has 132 valence electrons. The van der Waals surface area contributed by atoms with Crippen molar-refractivity contribution in [3.63, 3.8) is 0 Å². The molecule has 4 aromatic rings. The van der Waals surface area contributed by atoms with Crippen LogP contribution in [-0.4, -0.2) is 43.6 Å². The van der Waals surface area contributed by atoms with Crippen molar-refractivity contribution >= 4 is 20.6 Å². The van der Waals surface area contributed by atoms with E-state index < -0.39 is 9.84 Å². The van der Waals surface area contributed by atoms with E-state index in [2.05, 4.69) is 30.5 Å². The van der Waals surface area contributed by atoms with Crippen molar-refractivity contribution in [2.24, 2.45) is 0 Å². The highest BCUT2D eigenvalue weighted by atomic mass is 32.2. The first kappa shape index (κ1) is 16.1. The molecule has 0 saturated carbocycles. The van der Waals surface area contributed by atoms with Crippen LogP contribution < -0.4 is 5.56 Å². The Kier molecular flexibility index (Phi) is 3.65. The van der Waals surface area contributed by atoms with Crippen molar-refractivity contribution in [1.82, 2.24) is 35.2 Å². The number of aromatic amines is 2. The maximum Gasteiger partial charge on any atom is 0.276 e. The monoisotopic (exact) mass is 371 g/mol. The number of nitrogens with one attached hydrogen (secondary N) is 2. The number of hydrogen-bond donors (Lipinski definition) is 2. The first-order chi connectivity index (χ1) is 12.4. The number of nitrogens with zero attached hydrogens (tertiary/aromatic N) is 5. The predicted octanol–water partition coefficient (Wildman–Crippen LogP) is 0.427. The molecule has 4 aromatic heterocycles. The lowest BCUT2D eigenvalue weighted by molar-refractivity contribution is 0.592. The van der Waals surface area contributed by atoms with Crippen molar-refractivity contribution in [1.29, 1.82) is 0 Å². The minimum atomic E-state index is -3.81. The Hall–Kier alpha value is -3.34. The number of aromatic nitrogens is 7. The third-order valence-electron chi connectivity index (χ3n) is 3.84. The van der Waals surface area contributed by atoms with Gasteiger partial charge in [-0.1, -0.05) is 0 Å². The van der Waals surface area contributed by atoms with Crippen LogP contribution >= 0.6 is 0 Å². The standard InChI is InChI=1S/C15H13N7O3S/c1-9-2-11(21-20-9)8-22-15(23)13-7-16-14(3-10(13)4-19-22)26(24,25)12-5-17-18-6-12/h2-7H,8H2,1H3,(H,17,18)(H,20,21). The number of sulfone groups is 1. The molecule has 26 heavy (non-hydrogen) atoms. The van der Waals surface area contributed by atoms with E-state index in [-0.39, 0.29) is 27.4 Å². The summed E-state index contributed by atoms with van der Waals surface area (Å²) in [6.07, 6.45) is 5.15. The number of fused-ring (bicyclic) bond motifs is 1. The molecule has 11 heteroatoms. The molecule has 0 amide bonds. The summed E-state index contributed by atoms with van der Waals surface area (Å²) in [6.45, 7) is 2.06. The Bertz CT molecular complexity index is 1260. The zero-order valence-corrected chi connectivity index (χ0v) is 14.4. The van der Waals surface area contributed by atoms with Crippen LogP contribution in [0.2, 0.25) is 0 Å². The lowest BCUT2D eigenvalue weighted by Crippen LogP contribution is -2.23. The van der Waals surface area contributed by atoms with Crippen molar-refractivity contribution in [3.8, 4) is 0 Å². The molecule has 4 heterocycles. The maximum atomic E-state index is 12.6. The topological polar surface area (TPSA) is 139 Å². The Balaban J connectivity index is 1.77. The second-order valence-electron chi connectivity index (χ2n) is 5.70. The van der Waals surface area contributed by atoms with E-state index in [0.717, 1.165) is 5.69 Å². The largest absolute Gasteiger partial charge is 0.284 e. The number of aryl methyl sites for hydroxylation is 1. The Morgan fingerprint density at radius 3 is 2.73 bits per heavy atom. The van der Waals surface area contributed by atoms with E-state index in [9.17, 15) is 13.2 Å². The van der Waals surface area contributed by atoms with Crippen LogP contribution in [0.25, 0.3) is 10.8 Å². The van der Waals surface area contributed by atoms with Crippen LogP contribution in [0.1, 0.15) is 11.4 Å². The van der Waals surface area contributed by atoms with Gasteiger partial charge in [0.2, 0.25) is 9.84 Å². The Morgan fingerprint density at radius 1 is 1.19 bits per heavy atom. The first-order valence-electron chi connectivity index (χ1n) is 7.56. The Morgan fingerprint density at radius 2 is 2.04 bits per heavy atom. The van der Waals surface area contributed by atoms with Crippen LogP contribution in [0.4, 0.5) is 0 Å². The average molecular weight is 371 g/mol. The van der Waals surface area contributed by atoms with Gasteiger partial charge in [-0.15, -0.1) is 0 Å². The van der Waals surface area contributed by atoms with E-state index in [0.29, 0.717) is 11.1 Å². The number of H-pyrrole nitrogens is 2. The van der Waals surface area contributed by atoms with E-state index in [1.165, 1.54) is 35.5 Å². The molecule has 0 fully saturated rings. The summed E-state index contributed by atoms with van der Waals surface area (Å²) >= 11 is 0. The normalized spacial score (nSPS) is 11.9. The van der Waals surface area contributed by atoms with Gasteiger partial charge in [-0.3, -0.25) is 15.0 Å². The molecule has 0 aliphatic carbocycles. The highest BCUT2D eigenvalue weighted by Gasteiger charge is 2.21. The van der Waals surface area contributed by atoms with Crippen LogP contribution in [0.3, 0.4) is 0 Å². The summed E-state index contributed by atoms with van der Waals surface area (Å²) < 4.78 is 26.2. The predicted molar refractivity (Wildman–Crippen MR) is 90.3 cm³/mol. The van der Waals surface area contributed by atoms with E-state index in [1.54, 1.807) is 0 Å². The summed E-state index contributed by atoms with van der Waals surface area (Å²) in [5, 5.41) is 17.6. The van der Waals surface area contributed by atoms with Gasteiger partial charge in [-0.2, -0.15) is 15.3 Å². The second kappa shape index (κ2) is 5.88. The highest BCUT2D eigenvalue weighted by Crippen LogP contribution is 2.20. The molecule has 0 atom stereocenters. The van der Waals surface area contributed by atoms with Gasteiger partial charge < -0.3 is 0 Å². The molecule has 0 unspecified atom stereocenters. The molecule has 0 saturated heterocycles. The number of rotatable bonds is 4. The van der Waals surface area contributed by atoms with Crippen LogP contribution in [0.5, 0.6) is 0 Å². The first-order valence-corrected chi connectivity index (χ1v) is 9.04. The molecular weight excluding hydrogens is 358 g/mol. The second-order valence-corrected chi connectivity index (χ2v) is 7.59. The molecule has 10 nitrogen and oxygen atoms in total. The van der Waals surface area contributed by atoms with Gasteiger partial charge in [-0.25, -0.2) is 18.1 Å². The molecule has 0 aliphatic heterocycles. The fourth-order valence-corrected chi connectivity index (χ4v) is 3.65. The minimum absolute atomic E-state index is 0.000414.